The molecule has 0 saturated heterocycles. The van der Waals surface area contributed by atoms with Crippen LogP contribution in [0.15, 0.2) is 35.1 Å². The van der Waals surface area contributed by atoms with Gasteiger partial charge in [0.2, 0.25) is 0 Å². The van der Waals surface area contributed by atoms with E-state index in [-0.39, 0.29) is 17.1 Å². The van der Waals surface area contributed by atoms with Crippen LogP contribution in [0.1, 0.15) is 10.5 Å². The fraction of sp³-hybridized carbons (Fsp3) is 0. The molecule has 2 aromatic rings. The van der Waals surface area contributed by atoms with Crippen LogP contribution in [0.5, 0.6) is 0 Å². The fourth-order valence-electron chi connectivity index (χ4n) is 1.19. The van der Waals surface area contributed by atoms with Gasteiger partial charge in [0.05, 0.1) is 4.92 Å². The minimum absolute atomic E-state index is 0.0526. The van der Waals surface area contributed by atoms with Crippen molar-refractivity contribution in [3.63, 3.8) is 0 Å². The van der Waals surface area contributed by atoms with E-state index in [0.717, 1.165) is 6.20 Å². The van der Waals surface area contributed by atoms with Crippen LogP contribution in [0.2, 0.25) is 0 Å². The molecule has 86 valence electrons. The van der Waals surface area contributed by atoms with E-state index in [0.29, 0.717) is 0 Å². The summed E-state index contributed by atoms with van der Waals surface area (Å²) in [6.45, 7) is 0. The Morgan fingerprint density at radius 1 is 1.41 bits per heavy atom. The summed E-state index contributed by atoms with van der Waals surface area (Å²) >= 11 is 0. The molecule has 0 aliphatic carbocycles. The predicted molar refractivity (Wildman–Crippen MR) is 55.3 cm³/mol. The topological polar surface area (TPSA) is 111 Å². The van der Waals surface area contributed by atoms with E-state index in [1.807, 2.05) is 0 Å². The molecular weight excluding hydrogens is 228 g/mol. The molecule has 0 atom stereocenters. The number of carbonyl (C=O) groups is 1. The van der Waals surface area contributed by atoms with Crippen LogP contribution in [0, 0.1) is 10.1 Å². The average Bonchev–Trinajstić information content (AvgIpc) is 2.83. The first-order chi connectivity index (χ1) is 8.18. The van der Waals surface area contributed by atoms with Gasteiger partial charge in [-0.05, 0) is 11.2 Å². The van der Waals surface area contributed by atoms with Crippen LogP contribution < -0.4 is 5.32 Å². The van der Waals surface area contributed by atoms with Gasteiger partial charge in [-0.25, -0.2) is 4.63 Å². The highest BCUT2D eigenvalue weighted by molar-refractivity contribution is 6.03. The van der Waals surface area contributed by atoms with Gasteiger partial charge in [-0.15, -0.1) is 0 Å². The summed E-state index contributed by atoms with van der Waals surface area (Å²) in [5, 5.41) is 19.6. The maximum atomic E-state index is 11.6. The molecule has 1 heterocycles. The van der Waals surface area contributed by atoms with Crippen molar-refractivity contribution in [3.05, 3.63) is 46.3 Å². The Balaban J connectivity index is 2.25. The number of rotatable bonds is 3. The molecule has 0 aliphatic rings. The van der Waals surface area contributed by atoms with Crippen molar-refractivity contribution >= 4 is 17.3 Å². The number of nitro groups is 1. The number of anilines is 1. The number of nitrogens with zero attached hydrogens (tertiary/aromatic N) is 3. The molecule has 8 heteroatoms. The summed E-state index contributed by atoms with van der Waals surface area (Å²) in [6, 6.07) is 5.79. The van der Waals surface area contributed by atoms with Crippen LogP contribution in [0.3, 0.4) is 0 Å². The average molecular weight is 234 g/mol. The quantitative estimate of drug-likeness (QED) is 0.631. The van der Waals surface area contributed by atoms with Crippen molar-refractivity contribution in [1.29, 1.82) is 0 Å². The molecule has 0 saturated carbocycles. The number of aromatic nitrogens is 2. The van der Waals surface area contributed by atoms with E-state index in [4.69, 9.17) is 0 Å². The van der Waals surface area contributed by atoms with E-state index >= 15 is 0 Å². The Kier molecular flexibility index (Phi) is 2.77. The number of amides is 1. The van der Waals surface area contributed by atoms with Crippen LogP contribution in [0.4, 0.5) is 11.4 Å². The van der Waals surface area contributed by atoms with Gasteiger partial charge in [0.25, 0.3) is 11.6 Å². The monoisotopic (exact) mass is 234 g/mol. The summed E-state index contributed by atoms with van der Waals surface area (Å²) in [5.41, 5.74) is -0.161. The highest BCUT2D eigenvalue weighted by atomic mass is 16.6. The van der Waals surface area contributed by atoms with Gasteiger partial charge in [-0.1, -0.05) is 17.3 Å². The SMILES string of the molecule is O=C(Nc1ccccc1[N+](=O)[O-])c1cnon1. The Bertz CT molecular complexity index is 552. The number of hydrogen-bond acceptors (Lipinski definition) is 6. The summed E-state index contributed by atoms with van der Waals surface area (Å²) in [6.07, 6.45) is 1.12. The number of carbonyl (C=O) groups excluding carboxylic acids is 1. The summed E-state index contributed by atoms with van der Waals surface area (Å²) < 4.78 is 4.26. The molecule has 0 aliphatic heterocycles. The maximum Gasteiger partial charge on any atom is 0.292 e. The molecule has 0 radical (unpaired) electrons. The molecular formula is C9H6N4O4. The first-order valence-corrected chi connectivity index (χ1v) is 4.51. The van der Waals surface area contributed by atoms with Gasteiger partial charge in [0.1, 0.15) is 11.9 Å². The van der Waals surface area contributed by atoms with Crippen molar-refractivity contribution < 1.29 is 14.3 Å². The second-order valence-corrected chi connectivity index (χ2v) is 3.02. The maximum absolute atomic E-state index is 11.6. The predicted octanol–water partition coefficient (Wildman–Crippen LogP) is 1.23. The lowest BCUT2D eigenvalue weighted by Gasteiger charge is -2.02. The third-order valence-electron chi connectivity index (χ3n) is 1.94. The summed E-state index contributed by atoms with van der Waals surface area (Å²) in [7, 11) is 0. The molecule has 0 spiro atoms. The molecule has 1 amide bonds. The zero-order chi connectivity index (χ0) is 12.3. The summed E-state index contributed by atoms with van der Waals surface area (Å²) in [4.78, 5) is 21.7. The number of nitrogens with one attached hydrogen (secondary N) is 1. The van der Waals surface area contributed by atoms with Crippen LogP contribution >= 0.6 is 0 Å². The van der Waals surface area contributed by atoms with E-state index in [2.05, 4.69) is 20.3 Å². The first-order valence-electron chi connectivity index (χ1n) is 4.51. The fourth-order valence-corrected chi connectivity index (χ4v) is 1.19. The Morgan fingerprint density at radius 3 is 2.82 bits per heavy atom. The van der Waals surface area contributed by atoms with Gasteiger partial charge in [-0.3, -0.25) is 14.9 Å². The first kappa shape index (κ1) is 10.7. The van der Waals surface area contributed by atoms with Gasteiger partial charge in [0.15, 0.2) is 5.69 Å². The minimum Gasteiger partial charge on any atom is -0.315 e. The van der Waals surface area contributed by atoms with E-state index < -0.39 is 10.8 Å². The Morgan fingerprint density at radius 2 is 2.18 bits per heavy atom. The molecule has 0 unspecified atom stereocenters. The van der Waals surface area contributed by atoms with Crippen molar-refractivity contribution in [2.45, 2.75) is 0 Å². The zero-order valence-electron chi connectivity index (χ0n) is 8.36. The van der Waals surface area contributed by atoms with Gasteiger partial charge in [0, 0.05) is 6.07 Å². The van der Waals surface area contributed by atoms with Crippen molar-refractivity contribution in [1.82, 2.24) is 10.3 Å². The third kappa shape index (κ3) is 2.25. The van der Waals surface area contributed by atoms with E-state index in [9.17, 15) is 14.9 Å². The molecule has 2 rings (SSSR count). The Hall–Kier alpha value is -2.77. The second kappa shape index (κ2) is 4.39. The normalized spacial score (nSPS) is 9.88. The largest absolute Gasteiger partial charge is 0.315 e. The van der Waals surface area contributed by atoms with E-state index in [1.165, 1.54) is 18.2 Å². The van der Waals surface area contributed by atoms with Gasteiger partial charge in [-0.2, -0.15) is 0 Å². The summed E-state index contributed by atoms with van der Waals surface area (Å²) in [5.74, 6) is -0.624. The lowest BCUT2D eigenvalue weighted by molar-refractivity contribution is -0.383. The van der Waals surface area contributed by atoms with Crippen molar-refractivity contribution in [2.24, 2.45) is 0 Å². The molecule has 0 fully saturated rings. The molecule has 17 heavy (non-hydrogen) atoms. The highest BCUT2D eigenvalue weighted by Gasteiger charge is 2.17. The van der Waals surface area contributed by atoms with Crippen molar-refractivity contribution in [2.75, 3.05) is 5.32 Å². The third-order valence-corrected chi connectivity index (χ3v) is 1.94. The number of para-hydroxylation sites is 2. The molecule has 1 N–H and O–H groups in total. The van der Waals surface area contributed by atoms with Crippen LogP contribution in [-0.4, -0.2) is 21.1 Å². The smallest absolute Gasteiger partial charge is 0.292 e. The molecule has 0 bridgehead atoms. The molecule has 1 aromatic heterocycles. The molecule has 1 aromatic carbocycles. The second-order valence-electron chi connectivity index (χ2n) is 3.02. The highest BCUT2D eigenvalue weighted by Crippen LogP contribution is 2.23. The number of nitro benzene ring substituents is 1. The lowest BCUT2D eigenvalue weighted by atomic mass is 10.2. The van der Waals surface area contributed by atoms with Crippen molar-refractivity contribution in [3.8, 4) is 0 Å². The Labute approximate surface area is 94.4 Å². The van der Waals surface area contributed by atoms with Gasteiger partial charge >= 0.3 is 0 Å². The van der Waals surface area contributed by atoms with Gasteiger partial charge < -0.3 is 5.32 Å². The minimum atomic E-state index is -0.624. The lowest BCUT2D eigenvalue weighted by Crippen LogP contribution is -2.13. The zero-order valence-corrected chi connectivity index (χ0v) is 8.36. The standard InChI is InChI=1S/C9H6N4O4/c14-9(7-5-10-17-12-7)11-6-3-1-2-4-8(6)13(15)16/h1-5H,(H,11,14). The van der Waals surface area contributed by atoms with E-state index in [1.54, 1.807) is 6.07 Å². The number of benzene rings is 1. The van der Waals surface area contributed by atoms with Crippen LogP contribution in [-0.2, 0) is 0 Å². The molecule has 8 nitrogen and oxygen atoms in total. The number of hydrogen-bond donors (Lipinski definition) is 1. The van der Waals surface area contributed by atoms with Crippen LogP contribution in [0.25, 0.3) is 0 Å².